The van der Waals surface area contributed by atoms with E-state index in [1.165, 1.54) is 12.0 Å². The van der Waals surface area contributed by atoms with E-state index < -0.39 is 0 Å². The van der Waals surface area contributed by atoms with E-state index in [0.29, 0.717) is 0 Å². The number of hydrogen-bond donors (Lipinski definition) is 1. The monoisotopic (exact) mass is 255 g/mol. The number of nitrogens with two attached hydrogens (primary N) is 1. The molecule has 0 heterocycles. The highest BCUT2D eigenvalue weighted by atomic mass is 16.5. The molecule has 19 heavy (non-hydrogen) atoms. The zero-order valence-corrected chi connectivity index (χ0v) is 11.6. The molecule has 100 valence electrons. The second-order valence-electron chi connectivity index (χ2n) is 4.74. The van der Waals surface area contributed by atoms with Crippen LogP contribution >= 0.6 is 0 Å². The lowest BCUT2D eigenvalue weighted by Crippen LogP contribution is -2.11. The van der Waals surface area contributed by atoms with Gasteiger partial charge in [0.1, 0.15) is 5.75 Å². The molecule has 0 aliphatic rings. The maximum absolute atomic E-state index is 6.29. The predicted molar refractivity (Wildman–Crippen MR) is 79.5 cm³/mol. The van der Waals surface area contributed by atoms with E-state index in [4.69, 9.17) is 10.5 Å². The average Bonchev–Trinajstić information content (AvgIpc) is 2.48. The molecule has 0 fully saturated rings. The fourth-order valence-corrected chi connectivity index (χ4v) is 2.18. The number of benzene rings is 2. The molecular weight excluding hydrogens is 234 g/mol. The van der Waals surface area contributed by atoms with E-state index in [9.17, 15) is 0 Å². The second kappa shape index (κ2) is 6.39. The molecule has 2 N–H and O–H groups in total. The molecule has 2 rings (SSSR count). The minimum Gasteiger partial charge on any atom is -0.497 e. The quantitative estimate of drug-likeness (QED) is 0.884. The third-order valence-electron chi connectivity index (χ3n) is 3.35. The third kappa shape index (κ3) is 3.36. The summed E-state index contributed by atoms with van der Waals surface area (Å²) in [6.07, 6.45) is 2.29. The first-order valence-electron chi connectivity index (χ1n) is 6.73. The van der Waals surface area contributed by atoms with E-state index in [2.05, 4.69) is 31.2 Å². The van der Waals surface area contributed by atoms with Crippen LogP contribution in [0.2, 0.25) is 0 Å². The van der Waals surface area contributed by atoms with Crippen LogP contribution in [0.3, 0.4) is 0 Å². The van der Waals surface area contributed by atoms with Crippen molar-refractivity contribution >= 4 is 0 Å². The Balaban J connectivity index is 2.15. The van der Waals surface area contributed by atoms with E-state index in [0.717, 1.165) is 23.3 Å². The van der Waals surface area contributed by atoms with Crippen LogP contribution in [0.15, 0.2) is 48.5 Å². The molecule has 0 aromatic heterocycles. The Kier molecular flexibility index (Phi) is 4.58. The molecule has 1 atom stereocenters. The summed E-state index contributed by atoms with van der Waals surface area (Å²) in [4.78, 5) is 0. The van der Waals surface area contributed by atoms with Crippen LogP contribution in [-0.2, 0) is 6.42 Å². The zero-order valence-electron chi connectivity index (χ0n) is 11.6. The number of rotatable bonds is 5. The van der Waals surface area contributed by atoms with Crippen LogP contribution in [0.1, 0.15) is 36.1 Å². The maximum atomic E-state index is 6.29. The molecule has 0 saturated heterocycles. The first kappa shape index (κ1) is 13.6. The highest BCUT2D eigenvalue weighted by Gasteiger charge is 2.08. The minimum absolute atomic E-state index is 0.0819. The summed E-state index contributed by atoms with van der Waals surface area (Å²) in [7, 11) is 1.67. The van der Waals surface area contributed by atoms with Gasteiger partial charge in [0.25, 0.3) is 0 Å². The van der Waals surface area contributed by atoms with Crippen LogP contribution in [-0.4, -0.2) is 7.11 Å². The van der Waals surface area contributed by atoms with Gasteiger partial charge in [-0.2, -0.15) is 0 Å². The lowest BCUT2D eigenvalue weighted by molar-refractivity contribution is 0.414. The van der Waals surface area contributed by atoms with Crippen molar-refractivity contribution in [2.45, 2.75) is 25.8 Å². The van der Waals surface area contributed by atoms with Gasteiger partial charge in [-0.05, 0) is 35.2 Å². The Morgan fingerprint density at radius 1 is 0.947 bits per heavy atom. The fraction of sp³-hybridized carbons (Fsp3) is 0.294. The van der Waals surface area contributed by atoms with Crippen molar-refractivity contribution in [3.8, 4) is 5.75 Å². The summed E-state index contributed by atoms with van der Waals surface area (Å²) in [6, 6.07) is 16.4. The van der Waals surface area contributed by atoms with Gasteiger partial charge < -0.3 is 10.5 Å². The molecule has 0 radical (unpaired) electrons. The standard InChI is InChI=1S/C17H21NO/c1-3-4-13-5-7-14(8-6-13)17(18)15-9-11-16(19-2)12-10-15/h5-12,17H,3-4,18H2,1-2H3. The molecule has 2 nitrogen and oxygen atoms in total. The Hall–Kier alpha value is -1.80. The number of aryl methyl sites for hydroxylation is 1. The van der Waals surface area contributed by atoms with Crippen molar-refractivity contribution in [3.63, 3.8) is 0 Å². The molecule has 2 aromatic carbocycles. The van der Waals surface area contributed by atoms with Gasteiger partial charge in [0, 0.05) is 0 Å². The minimum atomic E-state index is -0.0819. The lowest BCUT2D eigenvalue weighted by atomic mass is 9.98. The van der Waals surface area contributed by atoms with Crippen LogP contribution in [0.5, 0.6) is 5.75 Å². The van der Waals surface area contributed by atoms with Crippen LogP contribution in [0.4, 0.5) is 0 Å². The molecule has 1 unspecified atom stereocenters. The maximum Gasteiger partial charge on any atom is 0.118 e. The Bertz CT molecular complexity index is 502. The van der Waals surface area contributed by atoms with Crippen molar-refractivity contribution in [2.75, 3.05) is 7.11 Å². The van der Waals surface area contributed by atoms with Gasteiger partial charge in [-0.25, -0.2) is 0 Å². The van der Waals surface area contributed by atoms with Crippen LogP contribution in [0, 0.1) is 0 Å². The van der Waals surface area contributed by atoms with Gasteiger partial charge in [-0.3, -0.25) is 0 Å². The Morgan fingerprint density at radius 2 is 1.47 bits per heavy atom. The van der Waals surface area contributed by atoms with Crippen molar-refractivity contribution in [1.29, 1.82) is 0 Å². The smallest absolute Gasteiger partial charge is 0.118 e. The summed E-state index contributed by atoms with van der Waals surface area (Å²) in [5, 5.41) is 0. The first-order valence-corrected chi connectivity index (χ1v) is 6.73. The van der Waals surface area contributed by atoms with Gasteiger partial charge >= 0.3 is 0 Å². The average molecular weight is 255 g/mol. The molecule has 0 aliphatic carbocycles. The lowest BCUT2D eigenvalue weighted by Gasteiger charge is -2.13. The van der Waals surface area contributed by atoms with Gasteiger partial charge in [0.2, 0.25) is 0 Å². The summed E-state index contributed by atoms with van der Waals surface area (Å²) >= 11 is 0. The van der Waals surface area contributed by atoms with Crippen molar-refractivity contribution in [1.82, 2.24) is 0 Å². The second-order valence-corrected chi connectivity index (χ2v) is 4.74. The summed E-state index contributed by atoms with van der Waals surface area (Å²) in [5.74, 6) is 0.856. The molecule has 0 spiro atoms. The molecule has 0 bridgehead atoms. The summed E-state index contributed by atoms with van der Waals surface area (Å²) in [5.41, 5.74) is 9.90. The molecule has 0 aliphatic heterocycles. The van der Waals surface area contributed by atoms with E-state index in [-0.39, 0.29) is 6.04 Å². The Morgan fingerprint density at radius 3 is 1.95 bits per heavy atom. The number of methoxy groups -OCH3 is 1. The number of hydrogen-bond acceptors (Lipinski definition) is 2. The van der Waals surface area contributed by atoms with Crippen LogP contribution < -0.4 is 10.5 Å². The van der Waals surface area contributed by atoms with Crippen LogP contribution in [0.25, 0.3) is 0 Å². The van der Waals surface area contributed by atoms with Gasteiger partial charge in [0.05, 0.1) is 13.2 Å². The highest BCUT2D eigenvalue weighted by Crippen LogP contribution is 2.22. The van der Waals surface area contributed by atoms with Crippen molar-refractivity contribution in [2.24, 2.45) is 5.73 Å². The molecular formula is C17H21NO. The summed E-state index contributed by atoms with van der Waals surface area (Å²) in [6.45, 7) is 2.19. The molecule has 0 amide bonds. The molecule has 2 heteroatoms. The predicted octanol–water partition coefficient (Wildman–Crippen LogP) is 3.70. The van der Waals surface area contributed by atoms with Crippen molar-refractivity contribution < 1.29 is 4.74 Å². The highest BCUT2D eigenvalue weighted by molar-refractivity contribution is 5.36. The van der Waals surface area contributed by atoms with Crippen molar-refractivity contribution in [3.05, 3.63) is 65.2 Å². The number of ether oxygens (including phenoxy) is 1. The van der Waals surface area contributed by atoms with E-state index in [1.807, 2.05) is 24.3 Å². The van der Waals surface area contributed by atoms with Gasteiger partial charge in [0.15, 0.2) is 0 Å². The Labute approximate surface area is 115 Å². The fourth-order valence-electron chi connectivity index (χ4n) is 2.18. The first-order chi connectivity index (χ1) is 9.24. The normalized spacial score (nSPS) is 12.2. The third-order valence-corrected chi connectivity index (χ3v) is 3.35. The molecule has 0 saturated carbocycles. The molecule has 2 aromatic rings. The van der Waals surface area contributed by atoms with Gasteiger partial charge in [-0.15, -0.1) is 0 Å². The topological polar surface area (TPSA) is 35.2 Å². The summed E-state index contributed by atoms with van der Waals surface area (Å²) < 4.78 is 5.16. The van der Waals surface area contributed by atoms with E-state index >= 15 is 0 Å². The largest absolute Gasteiger partial charge is 0.497 e. The SMILES string of the molecule is CCCc1ccc(C(N)c2ccc(OC)cc2)cc1. The van der Waals surface area contributed by atoms with Gasteiger partial charge in [-0.1, -0.05) is 49.7 Å². The van der Waals surface area contributed by atoms with E-state index in [1.54, 1.807) is 7.11 Å². The zero-order chi connectivity index (χ0) is 13.7.